The van der Waals surface area contributed by atoms with Crippen molar-refractivity contribution < 1.29 is 17.9 Å². The van der Waals surface area contributed by atoms with Crippen LogP contribution in [0.4, 0.5) is 0 Å². The Morgan fingerprint density at radius 1 is 1.26 bits per heavy atom. The molecular weight excluding hydrogens is 314 g/mol. The number of amides is 1. The summed E-state index contributed by atoms with van der Waals surface area (Å²) in [5, 5.41) is 2.78. The Kier molecular flexibility index (Phi) is 7.05. The molecule has 1 aliphatic rings. The summed E-state index contributed by atoms with van der Waals surface area (Å²) in [6.07, 6.45) is 3.96. The van der Waals surface area contributed by atoms with Crippen molar-refractivity contribution in [3.8, 4) is 0 Å². The van der Waals surface area contributed by atoms with E-state index >= 15 is 0 Å². The molecule has 1 atom stereocenters. The average molecular weight is 339 g/mol. The van der Waals surface area contributed by atoms with Crippen molar-refractivity contribution in [1.82, 2.24) is 5.32 Å². The van der Waals surface area contributed by atoms with Crippen LogP contribution < -0.4 is 5.32 Å². The van der Waals surface area contributed by atoms with E-state index in [0.29, 0.717) is 19.4 Å². The fourth-order valence-corrected chi connectivity index (χ4v) is 4.10. The van der Waals surface area contributed by atoms with Gasteiger partial charge in [0.15, 0.2) is 9.84 Å². The number of nitrogens with one attached hydrogen (secondary N) is 1. The van der Waals surface area contributed by atoms with Crippen LogP contribution in [0.2, 0.25) is 0 Å². The van der Waals surface area contributed by atoms with Gasteiger partial charge in [-0.15, -0.1) is 0 Å². The average Bonchev–Trinajstić information content (AvgIpc) is 3.03. The first-order valence-corrected chi connectivity index (χ1v) is 10.00. The molecule has 128 valence electrons. The predicted octanol–water partition coefficient (Wildman–Crippen LogP) is 2.07. The lowest BCUT2D eigenvalue weighted by Gasteiger charge is -2.09. The van der Waals surface area contributed by atoms with Gasteiger partial charge in [0, 0.05) is 19.6 Å². The molecule has 1 aromatic carbocycles. The molecule has 0 spiro atoms. The molecule has 1 aromatic rings. The monoisotopic (exact) mass is 339 g/mol. The van der Waals surface area contributed by atoms with E-state index in [1.54, 1.807) is 0 Å². The van der Waals surface area contributed by atoms with Crippen LogP contribution in [0.3, 0.4) is 0 Å². The van der Waals surface area contributed by atoms with Gasteiger partial charge in [0.25, 0.3) is 0 Å². The molecule has 0 saturated carbocycles. The lowest BCUT2D eigenvalue weighted by atomic mass is 10.1. The molecule has 1 saturated heterocycles. The third-order valence-corrected chi connectivity index (χ3v) is 5.58. The van der Waals surface area contributed by atoms with E-state index in [1.807, 2.05) is 30.3 Å². The minimum Gasteiger partial charge on any atom is -0.378 e. The zero-order valence-electron chi connectivity index (χ0n) is 13.4. The maximum absolute atomic E-state index is 12.0. The van der Waals surface area contributed by atoms with Crippen molar-refractivity contribution in [1.29, 1.82) is 0 Å². The zero-order valence-corrected chi connectivity index (χ0v) is 14.2. The van der Waals surface area contributed by atoms with Crippen LogP contribution in [0.15, 0.2) is 30.3 Å². The van der Waals surface area contributed by atoms with Crippen molar-refractivity contribution in [2.24, 2.45) is 0 Å². The second-order valence-corrected chi connectivity index (χ2v) is 8.14. The second-order valence-electron chi connectivity index (χ2n) is 5.95. The lowest BCUT2D eigenvalue weighted by Crippen LogP contribution is -2.26. The molecule has 0 aromatic heterocycles. The van der Waals surface area contributed by atoms with E-state index < -0.39 is 9.84 Å². The molecule has 1 N–H and O–H groups in total. The molecule has 0 bridgehead atoms. The molecule has 23 heavy (non-hydrogen) atoms. The Morgan fingerprint density at radius 2 is 2.04 bits per heavy atom. The van der Waals surface area contributed by atoms with Gasteiger partial charge in [-0.05, 0) is 31.2 Å². The van der Waals surface area contributed by atoms with Gasteiger partial charge in [-0.3, -0.25) is 4.79 Å². The first-order chi connectivity index (χ1) is 11.1. The summed E-state index contributed by atoms with van der Waals surface area (Å²) in [6, 6.07) is 9.15. The van der Waals surface area contributed by atoms with Crippen molar-refractivity contribution >= 4 is 15.7 Å². The third kappa shape index (κ3) is 7.14. The van der Waals surface area contributed by atoms with E-state index in [9.17, 15) is 13.2 Å². The fourth-order valence-electron chi connectivity index (χ4n) is 2.67. The highest BCUT2D eigenvalue weighted by Crippen LogP contribution is 2.16. The number of ether oxygens (including phenoxy) is 1. The Hall–Kier alpha value is -1.40. The summed E-state index contributed by atoms with van der Waals surface area (Å²) in [5.74, 6) is 0.121. The third-order valence-electron chi connectivity index (χ3n) is 3.90. The van der Waals surface area contributed by atoms with Gasteiger partial charge in [-0.2, -0.15) is 0 Å². The van der Waals surface area contributed by atoms with Gasteiger partial charge in [0.1, 0.15) is 0 Å². The van der Waals surface area contributed by atoms with Crippen LogP contribution >= 0.6 is 0 Å². The number of carbonyl (C=O) groups excluding carboxylic acids is 1. The molecule has 5 nitrogen and oxygen atoms in total. The van der Waals surface area contributed by atoms with Crippen LogP contribution in [0.1, 0.15) is 37.7 Å². The van der Waals surface area contributed by atoms with Crippen LogP contribution in [0.5, 0.6) is 0 Å². The minimum absolute atomic E-state index is 0.0269. The summed E-state index contributed by atoms with van der Waals surface area (Å²) < 4.78 is 29.5. The molecule has 6 heteroatoms. The molecule has 1 aliphatic heterocycles. The Labute approximate surface area is 138 Å². The van der Waals surface area contributed by atoms with E-state index in [2.05, 4.69) is 5.32 Å². The largest absolute Gasteiger partial charge is 0.378 e. The first-order valence-electron chi connectivity index (χ1n) is 8.18. The van der Waals surface area contributed by atoms with Crippen LogP contribution in [0, 0.1) is 0 Å². The predicted molar refractivity (Wildman–Crippen MR) is 89.8 cm³/mol. The van der Waals surface area contributed by atoms with Gasteiger partial charge in [0.05, 0.1) is 17.6 Å². The highest BCUT2D eigenvalue weighted by molar-refractivity contribution is 7.90. The van der Waals surface area contributed by atoms with Gasteiger partial charge in [0.2, 0.25) is 5.91 Å². The van der Waals surface area contributed by atoms with Crippen molar-refractivity contribution in [3.63, 3.8) is 0 Å². The maximum Gasteiger partial charge on any atom is 0.220 e. The highest BCUT2D eigenvalue weighted by atomic mass is 32.2. The molecule has 0 aliphatic carbocycles. The normalized spacial score (nSPS) is 18.0. The molecule has 1 unspecified atom stereocenters. The van der Waals surface area contributed by atoms with Gasteiger partial charge < -0.3 is 10.1 Å². The smallest absolute Gasteiger partial charge is 0.220 e. The summed E-state index contributed by atoms with van der Waals surface area (Å²) >= 11 is 0. The molecular formula is C17H25NO4S. The molecule has 1 fully saturated rings. The number of sulfone groups is 1. The fraction of sp³-hybridized carbons (Fsp3) is 0.588. The molecule has 2 rings (SSSR count). The summed E-state index contributed by atoms with van der Waals surface area (Å²) in [4.78, 5) is 11.7. The molecule has 0 radical (unpaired) electrons. The molecule has 1 heterocycles. The van der Waals surface area contributed by atoms with Crippen molar-refractivity contribution in [2.45, 2.75) is 44.0 Å². The summed E-state index contributed by atoms with van der Waals surface area (Å²) in [5.41, 5.74) is 0.799. The number of hydrogen-bond donors (Lipinski definition) is 1. The summed E-state index contributed by atoms with van der Waals surface area (Å²) in [6.45, 7) is 1.20. The van der Waals surface area contributed by atoms with Gasteiger partial charge in [-0.1, -0.05) is 30.3 Å². The Bertz CT molecular complexity index is 580. The van der Waals surface area contributed by atoms with Crippen molar-refractivity contribution in [3.05, 3.63) is 35.9 Å². The van der Waals surface area contributed by atoms with E-state index in [1.165, 1.54) is 0 Å². The standard InChI is InChI=1S/C17H25NO4S/c19-17(10-9-16-8-4-12-22-16)18-11-5-13-23(20,21)14-15-6-2-1-3-7-15/h1-3,6-7,16H,4-5,8-14H2,(H,18,19). The van der Waals surface area contributed by atoms with Gasteiger partial charge >= 0.3 is 0 Å². The quantitative estimate of drug-likeness (QED) is 0.699. The lowest BCUT2D eigenvalue weighted by molar-refractivity contribution is -0.121. The minimum atomic E-state index is -3.13. The Morgan fingerprint density at radius 3 is 2.74 bits per heavy atom. The Balaban J connectivity index is 1.59. The van der Waals surface area contributed by atoms with E-state index in [4.69, 9.17) is 4.74 Å². The van der Waals surface area contributed by atoms with Crippen LogP contribution in [-0.2, 0) is 25.1 Å². The second kappa shape index (κ2) is 9.03. The topological polar surface area (TPSA) is 72.5 Å². The summed E-state index contributed by atoms with van der Waals surface area (Å²) in [7, 11) is -3.13. The molecule has 1 amide bonds. The zero-order chi connectivity index (χ0) is 16.5. The van der Waals surface area contributed by atoms with Crippen LogP contribution in [-0.4, -0.2) is 39.3 Å². The number of hydrogen-bond acceptors (Lipinski definition) is 4. The first kappa shape index (κ1) is 17.9. The number of benzene rings is 1. The number of rotatable bonds is 9. The maximum atomic E-state index is 12.0. The van der Waals surface area contributed by atoms with E-state index in [0.717, 1.165) is 31.4 Å². The number of carbonyl (C=O) groups is 1. The highest BCUT2D eigenvalue weighted by Gasteiger charge is 2.16. The van der Waals surface area contributed by atoms with E-state index in [-0.39, 0.29) is 23.5 Å². The van der Waals surface area contributed by atoms with Gasteiger partial charge in [-0.25, -0.2) is 8.42 Å². The van der Waals surface area contributed by atoms with Crippen molar-refractivity contribution in [2.75, 3.05) is 18.9 Å². The van der Waals surface area contributed by atoms with Crippen LogP contribution in [0.25, 0.3) is 0 Å². The SMILES string of the molecule is O=C(CCC1CCCO1)NCCCS(=O)(=O)Cc1ccccc1.